The van der Waals surface area contributed by atoms with Crippen molar-refractivity contribution in [2.45, 2.75) is 0 Å². The van der Waals surface area contributed by atoms with E-state index in [9.17, 15) is 18.7 Å². The van der Waals surface area contributed by atoms with Crippen molar-refractivity contribution in [3.05, 3.63) is 47.7 Å². The minimum Gasteiger partial charge on any atom is -0.878 e. The largest absolute Gasteiger partial charge is 1.00 e. The maximum absolute atomic E-state index is 12.5. The van der Waals surface area contributed by atoms with Gasteiger partial charge in [0.25, 0.3) is 0 Å². The fraction of sp³-hybridized carbons (Fsp3) is 0. The summed E-state index contributed by atoms with van der Waals surface area (Å²) >= 11 is 0. The Morgan fingerprint density at radius 3 is 2.14 bits per heavy atom. The molecule has 0 saturated carbocycles. The van der Waals surface area contributed by atoms with Crippen LogP contribution in [0, 0.1) is 11.6 Å². The van der Waals surface area contributed by atoms with Crippen LogP contribution in [0.15, 0.2) is 30.5 Å². The normalized spacial score (nSPS) is 9.86. The van der Waals surface area contributed by atoms with Crippen LogP contribution in [0.4, 0.5) is 8.78 Å². The number of carbonyl (C=O) groups is 1. The molecule has 0 atom stereocenters. The molecule has 0 unspecified atom stereocenters. The maximum atomic E-state index is 12.5. The molecule has 0 amide bonds. The van der Waals surface area contributed by atoms with Crippen LogP contribution in [0.2, 0.25) is 0 Å². The maximum Gasteiger partial charge on any atom is 1.00 e. The van der Waals surface area contributed by atoms with E-state index < -0.39 is 17.4 Å². The van der Waals surface area contributed by atoms with Gasteiger partial charge in [0.15, 0.2) is 5.78 Å². The molecule has 0 bridgehead atoms. The topological polar surface area (TPSA) is 40.1 Å². The van der Waals surface area contributed by atoms with E-state index in [0.717, 1.165) is 12.1 Å². The molecule has 0 aliphatic heterocycles. The Kier molecular flexibility index (Phi) is 5.60. The number of carbonyl (C=O) groups excluding carboxylic acids is 1. The first-order chi connectivity index (χ1) is 6.13. The first-order valence-corrected chi connectivity index (χ1v) is 3.42. The molecule has 0 aliphatic carbocycles. The fourth-order valence-electron chi connectivity index (χ4n) is 0.854. The van der Waals surface area contributed by atoms with Gasteiger partial charge in [-0.2, -0.15) is 0 Å². The second-order valence-corrected chi connectivity index (χ2v) is 2.33. The van der Waals surface area contributed by atoms with Gasteiger partial charge in [-0.3, -0.25) is 4.79 Å². The van der Waals surface area contributed by atoms with Gasteiger partial charge < -0.3 is 5.11 Å². The van der Waals surface area contributed by atoms with E-state index in [2.05, 4.69) is 0 Å². The summed E-state index contributed by atoms with van der Waals surface area (Å²) in [6.07, 6.45) is 0.972. The van der Waals surface area contributed by atoms with Gasteiger partial charge in [0.1, 0.15) is 11.6 Å². The number of rotatable bonds is 2. The molecule has 0 aliphatic rings. The van der Waals surface area contributed by atoms with Gasteiger partial charge in [0, 0.05) is 11.6 Å². The second-order valence-electron chi connectivity index (χ2n) is 2.33. The van der Waals surface area contributed by atoms with E-state index in [1.165, 1.54) is 0 Å². The number of ketones is 1. The predicted octanol–water partition coefficient (Wildman–Crippen LogP) is -1.97. The van der Waals surface area contributed by atoms with Gasteiger partial charge in [0.2, 0.25) is 0 Å². The molecule has 1 aromatic rings. The Hall–Kier alpha value is -0.710. The van der Waals surface area contributed by atoms with Crippen molar-refractivity contribution in [2.75, 3.05) is 0 Å². The van der Waals surface area contributed by atoms with Crippen LogP contribution in [0.25, 0.3) is 0 Å². The van der Waals surface area contributed by atoms with E-state index in [1.54, 1.807) is 0 Å². The zero-order valence-corrected chi connectivity index (χ0v) is 9.46. The van der Waals surface area contributed by atoms with E-state index >= 15 is 0 Å². The Labute approximate surface area is 102 Å². The smallest absolute Gasteiger partial charge is 0.878 e. The molecule has 0 N–H and O–H groups in total. The molecular weight excluding hydrogens is 201 g/mol. The Morgan fingerprint density at radius 2 is 1.71 bits per heavy atom. The third-order valence-corrected chi connectivity index (χ3v) is 1.37. The average molecular weight is 206 g/mol. The first kappa shape index (κ1) is 13.3. The summed E-state index contributed by atoms with van der Waals surface area (Å²) in [4.78, 5) is 10.9. The molecule has 1 aromatic carbocycles. The monoisotopic (exact) mass is 206 g/mol. The molecule has 0 saturated heterocycles. The molecule has 0 aromatic heterocycles. The number of hydrogen-bond donors (Lipinski definition) is 0. The van der Waals surface area contributed by atoms with Crippen LogP contribution in [0.5, 0.6) is 0 Å². The van der Waals surface area contributed by atoms with Crippen LogP contribution < -0.4 is 34.7 Å². The average Bonchev–Trinajstić information content (AvgIpc) is 2.03. The minimum atomic E-state index is -0.845. The molecule has 0 heterocycles. The molecule has 0 spiro atoms. The van der Waals surface area contributed by atoms with Crippen molar-refractivity contribution in [1.82, 2.24) is 0 Å². The number of allylic oxidation sites excluding steroid dienone is 1. The Bertz CT molecular complexity index is 344. The van der Waals surface area contributed by atoms with Crippen LogP contribution in [0.1, 0.15) is 10.4 Å². The van der Waals surface area contributed by atoms with E-state index in [1.807, 2.05) is 0 Å². The molecule has 14 heavy (non-hydrogen) atoms. The zero-order valence-electron chi connectivity index (χ0n) is 7.46. The molecule has 1 rings (SSSR count). The standard InChI is InChI=1S/C9H6F2O2.Na/c10-7-3-6(4-8(11)5-7)9(13)1-2-12;/h1-5,12H;/q;+1/p-1. The minimum absolute atomic E-state index is 0. The van der Waals surface area contributed by atoms with Crippen LogP contribution in [0.3, 0.4) is 0 Å². The van der Waals surface area contributed by atoms with Crippen molar-refractivity contribution in [3.8, 4) is 0 Å². The molecule has 0 fully saturated rings. The SMILES string of the molecule is O=C(C=C[O-])c1cc(F)cc(F)c1.[Na+]. The summed E-state index contributed by atoms with van der Waals surface area (Å²) in [7, 11) is 0. The number of halogens is 2. The Morgan fingerprint density at radius 1 is 1.21 bits per heavy atom. The molecule has 2 nitrogen and oxygen atoms in total. The summed E-state index contributed by atoms with van der Waals surface area (Å²) in [5.41, 5.74) is -0.176. The van der Waals surface area contributed by atoms with Gasteiger partial charge in [-0.25, -0.2) is 8.78 Å². The quantitative estimate of drug-likeness (QED) is 0.243. The van der Waals surface area contributed by atoms with Crippen molar-refractivity contribution in [3.63, 3.8) is 0 Å². The van der Waals surface area contributed by atoms with Crippen molar-refractivity contribution >= 4 is 5.78 Å². The van der Waals surface area contributed by atoms with E-state index in [0.29, 0.717) is 12.1 Å². The van der Waals surface area contributed by atoms with Crippen molar-refractivity contribution in [2.24, 2.45) is 0 Å². The van der Waals surface area contributed by atoms with Crippen LogP contribution >= 0.6 is 0 Å². The number of benzene rings is 1. The molecule has 5 heteroatoms. The zero-order chi connectivity index (χ0) is 9.84. The van der Waals surface area contributed by atoms with Gasteiger partial charge >= 0.3 is 29.6 Å². The summed E-state index contributed by atoms with van der Waals surface area (Å²) in [6, 6.07) is 2.38. The molecule has 0 radical (unpaired) electrons. The summed E-state index contributed by atoms with van der Waals surface area (Å²) in [6.45, 7) is 0. The van der Waals surface area contributed by atoms with Crippen molar-refractivity contribution in [1.29, 1.82) is 0 Å². The van der Waals surface area contributed by atoms with Crippen LogP contribution in [-0.4, -0.2) is 5.78 Å². The van der Waals surface area contributed by atoms with Gasteiger partial charge in [0.05, 0.1) is 0 Å². The van der Waals surface area contributed by atoms with Crippen molar-refractivity contribution < 1.29 is 48.2 Å². The first-order valence-electron chi connectivity index (χ1n) is 3.42. The van der Waals surface area contributed by atoms with E-state index in [4.69, 9.17) is 0 Å². The number of hydrogen-bond acceptors (Lipinski definition) is 2. The van der Waals surface area contributed by atoms with Crippen LogP contribution in [-0.2, 0) is 0 Å². The van der Waals surface area contributed by atoms with Gasteiger partial charge in [-0.15, -0.1) is 6.26 Å². The third-order valence-electron chi connectivity index (χ3n) is 1.37. The summed E-state index contributed by atoms with van der Waals surface area (Å²) in [5, 5.41) is 9.89. The summed E-state index contributed by atoms with van der Waals surface area (Å²) in [5.74, 6) is -2.40. The third kappa shape index (κ3) is 3.57. The molecular formula is C9H5F2NaO2. The second kappa shape index (κ2) is 5.90. The molecule has 68 valence electrons. The summed E-state index contributed by atoms with van der Waals surface area (Å²) < 4.78 is 25.1. The van der Waals surface area contributed by atoms with E-state index in [-0.39, 0.29) is 41.4 Å². The fourth-order valence-corrected chi connectivity index (χ4v) is 0.854. The predicted molar refractivity (Wildman–Crippen MR) is 39.8 cm³/mol. The van der Waals surface area contributed by atoms with Gasteiger partial charge in [-0.1, -0.05) is 0 Å². The van der Waals surface area contributed by atoms with Gasteiger partial charge in [-0.05, 0) is 18.2 Å². The Balaban J connectivity index is 0.00000169.